The molecule has 11 heteroatoms. The number of hydrogen-bond acceptors (Lipinski definition) is 6. The van der Waals surface area contributed by atoms with Crippen molar-refractivity contribution in [2.45, 2.75) is 58.5 Å². The van der Waals surface area contributed by atoms with Crippen LogP contribution in [0.2, 0.25) is 0 Å². The van der Waals surface area contributed by atoms with Gasteiger partial charge in [0, 0.05) is 31.8 Å². The molecule has 4 amide bonds. The number of amides is 4. The first-order chi connectivity index (χ1) is 13.9. The highest BCUT2D eigenvalue weighted by Crippen LogP contribution is 2.22. The molecule has 168 valence electrons. The van der Waals surface area contributed by atoms with E-state index < -0.39 is 35.8 Å². The Bertz CT molecular complexity index is 664. The van der Waals surface area contributed by atoms with E-state index in [0.717, 1.165) is 0 Å². The molecule has 0 aromatic rings. The summed E-state index contributed by atoms with van der Waals surface area (Å²) in [4.78, 5) is 69.6. The number of Topliss-reactive ketones (excluding diaryl/α,β-unsaturated/α-hetero) is 1. The molecule has 2 aliphatic rings. The van der Waals surface area contributed by atoms with Gasteiger partial charge in [0.15, 0.2) is 0 Å². The molecular formula is C19H30N4O7. The fourth-order valence-electron chi connectivity index (χ4n) is 3.65. The molecule has 0 bridgehead atoms. The summed E-state index contributed by atoms with van der Waals surface area (Å²) in [5.74, 6) is -3.56. The SMILES string of the molecule is CC[C@@H](C(N)=O)N1CC(C(=O)O)CC1=O.CC[C@@H](C(N)=O)N1CC(C(C)=O)CC1=O. The van der Waals surface area contributed by atoms with Gasteiger partial charge in [-0.3, -0.25) is 28.8 Å². The highest BCUT2D eigenvalue weighted by atomic mass is 16.4. The number of carboxylic acid groups (broad SMARTS) is 1. The van der Waals surface area contributed by atoms with Gasteiger partial charge in [-0.25, -0.2) is 0 Å². The number of nitrogens with zero attached hydrogens (tertiary/aromatic N) is 2. The number of carbonyl (C=O) groups excluding carboxylic acids is 5. The molecule has 2 fully saturated rings. The molecule has 2 aliphatic heterocycles. The van der Waals surface area contributed by atoms with Crippen LogP contribution >= 0.6 is 0 Å². The van der Waals surface area contributed by atoms with Crippen LogP contribution in [-0.2, 0) is 28.8 Å². The molecule has 2 rings (SSSR count). The second kappa shape index (κ2) is 10.7. The van der Waals surface area contributed by atoms with Gasteiger partial charge in [-0.15, -0.1) is 0 Å². The Kier molecular flexibility index (Phi) is 8.94. The van der Waals surface area contributed by atoms with E-state index in [4.69, 9.17) is 16.6 Å². The zero-order valence-corrected chi connectivity index (χ0v) is 17.5. The number of ketones is 1. The number of primary amides is 2. The average molecular weight is 426 g/mol. The maximum Gasteiger partial charge on any atom is 0.308 e. The number of rotatable bonds is 8. The third kappa shape index (κ3) is 6.01. The first kappa shape index (κ1) is 25.1. The predicted octanol–water partition coefficient (Wildman–Crippen LogP) is -1.13. The quantitative estimate of drug-likeness (QED) is 0.439. The summed E-state index contributed by atoms with van der Waals surface area (Å²) >= 11 is 0. The number of hydrogen-bond donors (Lipinski definition) is 3. The van der Waals surface area contributed by atoms with Gasteiger partial charge < -0.3 is 26.4 Å². The number of carbonyl (C=O) groups is 6. The lowest BCUT2D eigenvalue weighted by molar-refractivity contribution is -0.141. The molecule has 2 saturated heterocycles. The lowest BCUT2D eigenvalue weighted by atomic mass is 10.1. The van der Waals surface area contributed by atoms with Crippen molar-refractivity contribution in [1.29, 1.82) is 0 Å². The maximum absolute atomic E-state index is 11.6. The monoisotopic (exact) mass is 426 g/mol. The van der Waals surface area contributed by atoms with E-state index in [2.05, 4.69) is 0 Å². The van der Waals surface area contributed by atoms with E-state index in [1.54, 1.807) is 13.8 Å². The van der Waals surface area contributed by atoms with Gasteiger partial charge in [-0.2, -0.15) is 0 Å². The van der Waals surface area contributed by atoms with Crippen molar-refractivity contribution in [2.75, 3.05) is 13.1 Å². The molecule has 0 aliphatic carbocycles. The average Bonchev–Trinajstić information content (AvgIpc) is 3.21. The van der Waals surface area contributed by atoms with Crippen molar-refractivity contribution in [3.05, 3.63) is 0 Å². The molecule has 11 nitrogen and oxygen atoms in total. The van der Waals surface area contributed by atoms with Crippen molar-refractivity contribution < 1.29 is 33.9 Å². The summed E-state index contributed by atoms with van der Waals surface area (Å²) in [7, 11) is 0. The van der Waals surface area contributed by atoms with Crippen molar-refractivity contribution in [3.8, 4) is 0 Å². The minimum atomic E-state index is -1.01. The smallest absolute Gasteiger partial charge is 0.308 e. The van der Waals surface area contributed by atoms with E-state index >= 15 is 0 Å². The largest absolute Gasteiger partial charge is 0.481 e. The standard InChI is InChI=1S/C10H16N2O3.C9H14N2O4/c1-3-8(10(11)15)12-5-7(6(2)13)4-9(12)14;1-2-6(8(10)13)11-4-5(9(14)15)3-7(11)12/h7-8H,3-5H2,1-2H3,(H2,11,15);5-6H,2-4H2,1H3,(H2,10,13)(H,14,15)/t7?,8-;5?,6-/m00/s1. The van der Waals surface area contributed by atoms with E-state index in [-0.39, 0.29) is 42.9 Å². The van der Waals surface area contributed by atoms with E-state index in [0.29, 0.717) is 19.4 Å². The lowest BCUT2D eigenvalue weighted by Gasteiger charge is -2.24. The molecule has 2 unspecified atom stereocenters. The first-order valence-electron chi connectivity index (χ1n) is 9.85. The van der Waals surface area contributed by atoms with Gasteiger partial charge >= 0.3 is 5.97 Å². The van der Waals surface area contributed by atoms with Crippen molar-refractivity contribution in [2.24, 2.45) is 23.3 Å². The molecular weight excluding hydrogens is 396 g/mol. The molecule has 0 spiro atoms. The third-order valence-corrected chi connectivity index (χ3v) is 5.42. The topological polar surface area (TPSA) is 181 Å². The summed E-state index contributed by atoms with van der Waals surface area (Å²) < 4.78 is 0. The number of nitrogens with two attached hydrogens (primary N) is 2. The molecule has 0 aromatic heterocycles. The van der Waals surface area contributed by atoms with Crippen LogP contribution in [0, 0.1) is 11.8 Å². The Morgan fingerprint density at radius 3 is 1.50 bits per heavy atom. The van der Waals surface area contributed by atoms with Crippen molar-refractivity contribution in [3.63, 3.8) is 0 Å². The summed E-state index contributed by atoms with van der Waals surface area (Å²) in [6, 6.07) is -1.25. The number of likely N-dealkylation sites (tertiary alicyclic amines) is 2. The molecule has 2 heterocycles. The molecule has 0 aromatic carbocycles. The fraction of sp³-hybridized carbons (Fsp3) is 0.684. The maximum atomic E-state index is 11.6. The van der Waals surface area contributed by atoms with Crippen LogP contribution in [0.25, 0.3) is 0 Å². The number of carboxylic acids is 1. The van der Waals surface area contributed by atoms with Gasteiger partial charge in [0.25, 0.3) is 0 Å². The highest BCUT2D eigenvalue weighted by Gasteiger charge is 2.39. The Hall–Kier alpha value is -2.98. The normalized spacial score (nSPS) is 22.9. The summed E-state index contributed by atoms with van der Waals surface area (Å²) in [6.45, 7) is 5.40. The van der Waals surface area contributed by atoms with Crippen LogP contribution < -0.4 is 11.5 Å². The second-order valence-electron chi connectivity index (χ2n) is 7.50. The summed E-state index contributed by atoms with van der Waals surface area (Å²) in [5.41, 5.74) is 10.3. The van der Waals surface area contributed by atoms with Gasteiger partial charge in [-0.05, 0) is 19.8 Å². The third-order valence-electron chi connectivity index (χ3n) is 5.42. The van der Waals surface area contributed by atoms with E-state index in [1.807, 2.05) is 0 Å². The fourth-order valence-corrected chi connectivity index (χ4v) is 3.65. The highest BCUT2D eigenvalue weighted by molar-refractivity contribution is 5.93. The molecule has 0 saturated carbocycles. The Morgan fingerprint density at radius 2 is 1.27 bits per heavy atom. The Morgan fingerprint density at radius 1 is 0.900 bits per heavy atom. The van der Waals surface area contributed by atoms with Crippen molar-refractivity contribution >= 4 is 35.4 Å². The minimum absolute atomic E-state index is 0.00910. The van der Waals surface area contributed by atoms with Crippen molar-refractivity contribution in [1.82, 2.24) is 9.80 Å². The molecule has 0 radical (unpaired) electrons. The van der Waals surface area contributed by atoms with Crippen LogP contribution in [-0.4, -0.2) is 75.5 Å². The van der Waals surface area contributed by atoms with Gasteiger partial charge in [-0.1, -0.05) is 13.8 Å². The van der Waals surface area contributed by atoms with Gasteiger partial charge in [0.1, 0.15) is 17.9 Å². The van der Waals surface area contributed by atoms with Crippen LogP contribution in [0.4, 0.5) is 0 Å². The summed E-state index contributed by atoms with van der Waals surface area (Å²) in [6.07, 6.45) is 1.07. The van der Waals surface area contributed by atoms with E-state index in [9.17, 15) is 28.8 Å². The Balaban J connectivity index is 0.000000300. The van der Waals surface area contributed by atoms with Gasteiger partial charge in [0.05, 0.1) is 5.92 Å². The predicted molar refractivity (Wildman–Crippen MR) is 105 cm³/mol. The second-order valence-corrected chi connectivity index (χ2v) is 7.50. The van der Waals surface area contributed by atoms with Crippen LogP contribution in [0.3, 0.4) is 0 Å². The van der Waals surface area contributed by atoms with Crippen LogP contribution in [0.5, 0.6) is 0 Å². The zero-order valence-electron chi connectivity index (χ0n) is 17.5. The van der Waals surface area contributed by atoms with Crippen LogP contribution in [0.15, 0.2) is 0 Å². The lowest BCUT2D eigenvalue weighted by Crippen LogP contribution is -2.45. The molecule has 30 heavy (non-hydrogen) atoms. The number of aliphatic carboxylic acids is 1. The first-order valence-corrected chi connectivity index (χ1v) is 9.85. The van der Waals surface area contributed by atoms with Crippen LogP contribution in [0.1, 0.15) is 46.5 Å². The van der Waals surface area contributed by atoms with Gasteiger partial charge in [0.2, 0.25) is 23.6 Å². The molecule has 4 atom stereocenters. The Labute approximate surface area is 174 Å². The molecule has 5 N–H and O–H groups in total. The van der Waals surface area contributed by atoms with E-state index in [1.165, 1.54) is 16.7 Å². The minimum Gasteiger partial charge on any atom is -0.481 e. The zero-order chi connectivity index (χ0) is 23.2. The summed E-state index contributed by atoms with van der Waals surface area (Å²) in [5, 5.41) is 8.75.